The van der Waals surface area contributed by atoms with Gasteiger partial charge in [0.1, 0.15) is 5.00 Å². The molecule has 0 spiro atoms. The van der Waals surface area contributed by atoms with Crippen molar-refractivity contribution >= 4 is 68.1 Å². The summed E-state index contributed by atoms with van der Waals surface area (Å²) < 4.78 is 0.963. The first-order chi connectivity index (χ1) is 12.3. The van der Waals surface area contributed by atoms with Crippen molar-refractivity contribution in [2.24, 2.45) is 11.7 Å². The molecule has 26 heavy (non-hydrogen) atoms. The Morgan fingerprint density at radius 3 is 2.85 bits per heavy atom. The molecular weight excluding hydrogens is 481 g/mol. The second-order valence-corrected chi connectivity index (χ2v) is 9.10. The van der Waals surface area contributed by atoms with Crippen LogP contribution in [-0.2, 0) is 12.8 Å². The number of hydrogen-bond acceptors (Lipinski definition) is 4. The lowest BCUT2D eigenvalue weighted by Gasteiger charge is -2.18. The predicted molar refractivity (Wildman–Crippen MR) is 117 cm³/mol. The van der Waals surface area contributed by atoms with Crippen molar-refractivity contribution in [2.75, 3.05) is 5.32 Å². The van der Waals surface area contributed by atoms with Crippen molar-refractivity contribution in [3.63, 3.8) is 0 Å². The van der Waals surface area contributed by atoms with Gasteiger partial charge in [-0.25, -0.2) is 0 Å². The minimum absolute atomic E-state index is 0.156. The van der Waals surface area contributed by atoms with Gasteiger partial charge in [-0.15, -0.1) is 11.3 Å². The van der Waals surface area contributed by atoms with Crippen LogP contribution < -0.4 is 16.4 Å². The number of fused-ring (bicyclic) bond motifs is 1. The maximum absolute atomic E-state index is 12.3. The number of nitrogens with two attached hydrogens (primary N) is 1. The second-order valence-electron chi connectivity index (χ2n) is 6.34. The zero-order chi connectivity index (χ0) is 18.8. The first-order valence-electron chi connectivity index (χ1n) is 8.17. The van der Waals surface area contributed by atoms with E-state index in [9.17, 15) is 9.59 Å². The van der Waals surface area contributed by atoms with E-state index in [1.165, 1.54) is 16.2 Å². The van der Waals surface area contributed by atoms with Crippen LogP contribution in [0.4, 0.5) is 5.00 Å². The number of primary amides is 1. The van der Waals surface area contributed by atoms with E-state index in [1.54, 1.807) is 12.1 Å². The number of carbonyl (C=O) groups excluding carboxylic acids is 2. The second kappa shape index (κ2) is 8.01. The van der Waals surface area contributed by atoms with Gasteiger partial charge in [0.05, 0.1) is 5.56 Å². The number of anilines is 1. The van der Waals surface area contributed by atoms with Crippen LogP contribution in [0.25, 0.3) is 0 Å². The van der Waals surface area contributed by atoms with Gasteiger partial charge >= 0.3 is 0 Å². The molecule has 4 N–H and O–H groups in total. The lowest BCUT2D eigenvalue weighted by molar-refractivity contribution is 0.0975. The van der Waals surface area contributed by atoms with Crippen molar-refractivity contribution in [1.82, 2.24) is 5.32 Å². The molecule has 1 aromatic heterocycles. The number of carbonyl (C=O) groups is 2. The molecule has 8 heteroatoms. The van der Waals surface area contributed by atoms with Crippen molar-refractivity contribution in [3.05, 3.63) is 49.4 Å². The lowest BCUT2D eigenvalue weighted by Crippen LogP contribution is -2.34. The van der Waals surface area contributed by atoms with Gasteiger partial charge in [0.15, 0.2) is 5.11 Å². The molecule has 136 valence electrons. The molecule has 1 heterocycles. The highest BCUT2D eigenvalue weighted by Crippen LogP contribution is 2.39. The van der Waals surface area contributed by atoms with E-state index in [4.69, 9.17) is 18.0 Å². The summed E-state index contributed by atoms with van der Waals surface area (Å²) in [5.74, 6) is -0.176. The number of rotatable bonds is 3. The minimum atomic E-state index is -0.466. The number of halogens is 1. The van der Waals surface area contributed by atoms with E-state index < -0.39 is 5.91 Å². The zero-order valence-electron chi connectivity index (χ0n) is 14.1. The average Bonchev–Trinajstić information content (AvgIpc) is 2.91. The van der Waals surface area contributed by atoms with Gasteiger partial charge in [0.2, 0.25) is 0 Å². The van der Waals surface area contributed by atoms with Gasteiger partial charge in [0.25, 0.3) is 11.8 Å². The molecule has 5 nitrogen and oxygen atoms in total. The number of thiocarbonyl (C=S) groups is 1. The molecule has 0 aliphatic heterocycles. The highest BCUT2D eigenvalue weighted by atomic mass is 127. The molecule has 2 amide bonds. The fraction of sp³-hybridized carbons (Fsp3) is 0.278. The summed E-state index contributed by atoms with van der Waals surface area (Å²) in [5, 5.41) is 6.43. The molecule has 1 aliphatic carbocycles. The maximum atomic E-state index is 12.3. The summed E-state index contributed by atoms with van der Waals surface area (Å²) in [6.45, 7) is 2.20. The van der Waals surface area contributed by atoms with Crippen LogP contribution in [0.2, 0.25) is 0 Å². The topological polar surface area (TPSA) is 84.2 Å². The number of thiophene rings is 1. The maximum Gasteiger partial charge on any atom is 0.257 e. The van der Waals surface area contributed by atoms with Crippen LogP contribution in [0.15, 0.2) is 24.3 Å². The Hall–Kier alpha value is -1.52. The Morgan fingerprint density at radius 1 is 1.38 bits per heavy atom. The SMILES string of the molecule is C[C@@H]1CCc2c(sc(NC(=S)NC(=O)c3cccc(I)c3)c2C(N)=O)C1. The molecule has 0 radical (unpaired) electrons. The van der Waals surface area contributed by atoms with Crippen LogP contribution in [0.5, 0.6) is 0 Å². The molecular formula is C18H18IN3O2S2. The Morgan fingerprint density at radius 2 is 2.15 bits per heavy atom. The smallest absolute Gasteiger partial charge is 0.257 e. The number of hydrogen-bond donors (Lipinski definition) is 3. The molecule has 3 rings (SSSR count). The minimum Gasteiger partial charge on any atom is -0.365 e. The molecule has 0 saturated carbocycles. The Balaban J connectivity index is 1.77. The molecule has 0 saturated heterocycles. The quantitative estimate of drug-likeness (QED) is 0.444. The van der Waals surface area contributed by atoms with E-state index in [1.807, 2.05) is 12.1 Å². The first kappa shape index (κ1) is 19.2. The van der Waals surface area contributed by atoms with Gasteiger partial charge in [-0.05, 0) is 83.8 Å². The first-order valence-corrected chi connectivity index (χ1v) is 10.5. The lowest BCUT2D eigenvalue weighted by atomic mass is 9.88. The average molecular weight is 499 g/mol. The van der Waals surface area contributed by atoms with E-state index >= 15 is 0 Å². The normalized spacial score (nSPS) is 15.8. The summed E-state index contributed by atoms with van der Waals surface area (Å²) in [5.41, 5.74) is 7.65. The van der Waals surface area contributed by atoms with Crippen molar-refractivity contribution in [3.8, 4) is 0 Å². The summed E-state index contributed by atoms with van der Waals surface area (Å²) in [6, 6.07) is 7.22. The third-order valence-corrected chi connectivity index (χ3v) is 6.34. The fourth-order valence-corrected chi connectivity index (χ4v) is 5.26. The predicted octanol–water partition coefficient (Wildman–Crippen LogP) is 3.70. The summed E-state index contributed by atoms with van der Waals surface area (Å²) >= 11 is 8.91. The molecule has 2 aromatic rings. The zero-order valence-corrected chi connectivity index (χ0v) is 17.9. The Bertz CT molecular complexity index is 895. The molecule has 1 aromatic carbocycles. The van der Waals surface area contributed by atoms with Crippen LogP contribution in [0.3, 0.4) is 0 Å². The van der Waals surface area contributed by atoms with Crippen LogP contribution in [0.1, 0.15) is 44.5 Å². The van der Waals surface area contributed by atoms with Crippen molar-refractivity contribution in [1.29, 1.82) is 0 Å². The van der Waals surface area contributed by atoms with Gasteiger partial charge in [0, 0.05) is 14.0 Å². The van der Waals surface area contributed by atoms with E-state index in [-0.39, 0.29) is 11.0 Å². The van der Waals surface area contributed by atoms with Crippen LogP contribution in [-0.4, -0.2) is 16.9 Å². The summed E-state index contributed by atoms with van der Waals surface area (Å²) in [7, 11) is 0. The highest BCUT2D eigenvalue weighted by molar-refractivity contribution is 14.1. The van der Waals surface area contributed by atoms with E-state index in [0.29, 0.717) is 22.0 Å². The van der Waals surface area contributed by atoms with Gasteiger partial charge in [-0.3, -0.25) is 14.9 Å². The molecule has 1 aliphatic rings. The highest BCUT2D eigenvalue weighted by Gasteiger charge is 2.27. The largest absolute Gasteiger partial charge is 0.365 e. The summed E-state index contributed by atoms with van der Waals surface area (Å²) in [4.78, 5) is 25.5. The Labute approximate surface area is 174 Å². The van der Waals surface area contributed by atoms with Crippen molar-refractivity contribution < 1.29 is 9.59 Å². The Kier molecular flexibility index (Phi) is 5.93. The van der Waals surface area contributed by atoms with Gasteiger partial charge in [-0.2, -0.15) is 0 Å². The van der Waals surface area contributed by atoms with Crippen LogP contribution >= 0.6 is 46.1 Å². The number of nitrogens with one attached hydrogen (secondary N) is 2. The third-order valence-electron chi connectivity index (χ3n) is 4.30. The number of amides is 2. The van der Waals surface area contributed by atoms with Crippen LogP contribution in [0, 0.1) is 9.49 Å². The third kappa shape index (κ3) is 4.24. The van der Waals surface area contributed by atoms with Crippen molar-refractivity contribution in [2.45, 2.75) is 26.2 Å². The summed E-state index contributed by atoms with van der Waals surface area (Å²) in [6.07, 6.45) is 2.81. The molecule has 1 atom stereocenters. The fourth-order valence-electron chi connectivity index (χ4n) is 3.04. The van der Waals surface area contributed by atoms with E-state index in [2.05, 4.69) is 40.1 Å². The molecule has 0 fully saturated rings. The van der Waals surface area contributed by atoms with E-state index in [0.717, 1.165) is 28.4 Å². The molecule has 0 unspecified atom stereocenters. The van der Waals surface area contributed by atoms with Gasteiger partial charge < -0.3 is 11.1 Å². The monoisotopic (exact) mass is 499 g/mol. The van der Waals surface area contributed by atoms with Gasteiger partial charge in [-0.1, -0.05) is 13.0 Å². The number of benzene rings is 1. The molecule has 0 bridgehead atoms. The standard InChI is InChI=1S/C18H18IN3O2S2/c1-9-5-6-12-13(7-9)26-17(14(12)15(20)23)22-18(25)21-16(24)10-3-2-4-11(19)8-10/h2-4,8-9H,5-7H2,1H3,(H2,20,23)(H2,21,22,24,25)/t9-/m1/s1.